The number of hydrogen-bond acceptors (Lipinski definition) is 3. The summed E-state index contributed by atoms with van der Waals surface area (Å²) in [5, 5.41) is 1.69. The van der Waals surface area contributed by atoms with Crippen molar-refractivity contribution >= 4 is 23.2 Å². The summed E-state index contributed by atoms with van der Waals surface area (Å²) < 4.78 is 73.6. The number of carbonyl (C=O) groups excluding carboxylic acids is 2. The Balaban J connectivity index is 1.94. The van der Waals surface area contributed by atoms with Crippen LogP contribution in [0, 0.1) is 0 Å². The third-order valence-electron chi connectivity index (χ3n) is 3.56. The van der Waals surface area contributed by atoms with Crippen molar-refractivity contribution < 1.29 is 35.9 Å². The first kappa shape index (κ1) is 18.9. The van der Waals surface area contributed by atoms with Gasteiger partial charge in [0.05, 0.1) is 0 Å². The molecule has 1 aromatic carbocycles. The Hall–Kier alpha value is -2.46. The van der Waals surface area contributed by atoms with Gasteiger partial charge in [-0.05, 0) is 24.3 Å². The number of halogens is 6. The van der Waals surface area contributed by atoms with Crippen LogP contribution in [0.5, 0.6) is 0 Å². The minimum atomic E-state index is -5.00. The maximum absolute atomic E-state index is 12.4. The highest BCUT2D eigenvalue weighted by Crippen LogP contribution is 2.24. The topological polar surface area (TPSA) is 52.7 Å². The van der Waals surface area contributed by atoms with E-state index in [-0.39, 0.29) is 31.9 Å². The number of rotatable bonds is 2. The lowest BCUT2D eigenvalue weighted by Gasteiger charge is -2.36. The van der Waals surface area contributed by atoms with Gasteiger partial charge in [0.15, 0.2) is 0 Å². The van der Waals surface area contributed by atoms with E-state index in [4.69, 9.17) is 0 Å². The highest BCUT2D eigenvalue weighted by Gasteiger charge is 2.43. The summed E-state index contributed by atoms with van der Waals surface area (Å²) in [4.78, 5) is 24.4. The van der Waals surface area contributed by atoms with Gasteiger partial charge in [-0.15, -0.1) is 0 Å². The fourth-order valence-electron chi connectivity index (χ4n) is 2.30. The van der Waals surface area contributed by atoms with E-state index in [2.05, 4.69) is 0 Å². The molecule has 5 nitrogen and oxygen atoms in total. The van der Waals surface area contributed by atoms with Gasteiger partial charge in [-0.25, -0.2) is 0 Å². The molecule has 25 heavy (non-hydrogen) atoms. The minimum Gasteiger partial charge on any atom is -0.368 e. The number of alkyl halides is 6. The van der Waals surface area contributed by atoms with Crippen molar-refractivity contribution in [2.45, 2.75) is 12.4 Å². The highest BCUT2D eigenvalue weighted by molar-refractivity contribution is 5.95. The molecule has 1 fully saturated rings. The second-order valence-corrected chi connectivity index (χ2v) is 5.28. The van der Waals surface area contributed by atoms with Crippen molar-refractivity contribution in [3.05, 3.63) is 24.3 Å². The molecule has 0 radical (unpaired) electrons. The predicted molar refractivity (Wildman–Crippen MR) is 76.0 cm³/mol. The fraction of sp³-hybridized carbons (Fsp3) is 0.429. The van der Waals surface area contributed by atoms with Crippen LogP contribution in [0.1, 0.15) is 0 Å². The van der Waals surface area contributed by atoms with Crippen LogP contribution in [-0.4, -0.2) is 55.2 Å². The summed E-state index contributed by atoms with van der Waals surface area (Å²) in [6.45, 7) is 0.0575. The first-order valence-electron chi connectivity index (χ1n) is 7.08. The standard InChI is InChI=1S/C14H13F6N3O2/c15-13(16,17)11(24)21-9-1-3-10(4-2-9)22-5-7-23(8-6-22)12(25)14(18,19)20/h1-4H,5-8H2,(H,21,24). The van der Waals surface area contributed by atoms with Crippen molar-refractivity contribution in [2.24, 2.45) is 0 Å². The molecule has 1 aliphatic heterocycles. The Bertz CT molecular complexity index is 633. The van der Waals surface area contributed by atoms with Crippen LogP contribution in [0.4, 0.5) is 37.7 Å². The first-order chi connectivity index (χ1) is 11.5. The largest absolute Gasteiger partial charge is 0.471 e. The molecule has 0 unspecified atom stereocenters. The Morgan fingerprint density at radius 2 is 1.36 bits per heavy atom. The summed E-state index contributed by atoms with van der Waals surface area (Å²) in [5.41, 5.74) is 0.501. The second kappa shape index (κ2) is 6.81. The van der Waals surface area contributed by atoms with E-state index >= 15 is 0 Å². The maximum atomic E-state index is 12.4. The maximum Gasteiger partial charge on any atom is 0.471 e. The van der Waals surface area contributed by atoms with Gasteiger partial charge in [-0.1, -0.05) is 0 Å². The van der Waals surface area contributed by atoms with Crippen LogP contribution in [0.15, 0.2) is 24.3 Å². The highest BCUT2D eigenvalue weighted by atomic mass is 19.4. The smallest absolute Gasteiger partial charge is 0.368 e. The molecule has 1 N–H and O–H groups in total. The minimum absolute atomic E-state index is 0.0584. The molecule has 1 saturated heterocycles. The van der Waals surface area contributed by atoms with E-state index in [1.165, 1.54) is 24.3 Å². The molecule has 0 atom stereocenters. The van der Waals surface area contributed by atoms with Crippen molar-refractivity contribution in [1.29, 1.82) is 0 Å². The van der Waals surface area contributed by atoms with E-state index in [0.717, 1.165) is 0 Å². The number of nitrogens with one attached hydrogen (secondary N) is 1. The number of hydrogen-bond donors (Lipinski definition) is 1. The SMILES string of the molecule is O=C(Nc1ccc(N2CCN(C(=O)C(F)(F)F)CC2)cc1)C(F)(F)F. The van der Waals surface area contributed by atoms with Crippen molar-refractivity contribution in [1.82, 2.24) is 4.90 Å². The number of carbonyl (C=O) groups is 2. The second-order valence-electron chi connectivity index (χ2n) is 5.28. The molecule has 0 spiro atoms. The Kier molecular flexibility index (Phi) is 5.14. The molecule has 0 aromatic heterocycles. The molecular weight excluding hydrogens is 356 g/mol. The molecule has 1 aliphatic rings. The number of amides is 2. The molecule has 0 saturated carbocycles. The van der Waals surface area contributed by atoms with Crippen molar-refractivity contribution in [3.63, 3.8) is 0 Å². The van der Waals surface area contributed by atoms with Crippen LogP contribution in [0.3, 0.4) is 0 Å². The van der Waals surface area contributed by atoms with E-state index in [0.29, 0.717) is 10.6 Å². The fourth-order valence-corrected chi connectivity index (χ4v) is 2.30. The molecule has 2 amide bonds. The van der Waals surface area contributed by atoms with Gasteiger partial charge in [0.2, 0.25) is 0 Å². The molecule has 0 aliphatic carbocycles. The number of piperazine rings is 1. The molecule has 138 valence electrons. The van der Waals surface area contributed by atoms with Gasteiger partial charge < -0.3 is 15.1 Å². The van der Waals surface area contributed by atoms with E-state index < -0.39 is 24.2 Å². The summed E-state index contributed by atoms with van der Waals surface area (Å²) in [6, 6.07) is 5.39. The summed E-state index contributed by atoms with van der Waals surface area (Å²) in [7, 11) is 0. The van der Waals surface area contributed by atoms with Gasteiger partial charge >= 0.3 is 24.2 Å². The van der Waals surface area contributed by atoms with Gasteiger partial charge in [0.1, 0.15) is 0 Å². The monoisotopic (exact) mass is 369 g/mol. The lowest BCUT2D eigenvalue weighted by atomic mass is 10.2. The zero-order valence-corrected chi connectivity index (χ0v) is 12.6. The molecule has 1 heterocycles. The molecule has 11 heteroatoms. The van der Waals surface area contributed by atoms with Gasteiger partial charge in [0, 0.05) is 37.6 Å². The average Bonchev–Trinajstić information content (AvgIpc) is 2.53. The first-order valence-corrected chi connectivity index (χ1v) is 7.08. The summed E-state index contributed by atoms with van der Waals surface area (Å²) in [5.74, 6) is -3.99. The lowest BCUT2D eigenvalue weighted by Crippen LogP contribution is -2.52. The van der Waals surface area contributed by atoms with Crippen molar-refractivity contribution in [3.8, 4) is 0 Å². The zero-order valence-electron chi connectivity index (χ0n) is 12.6. The van der Waals surface area contributed by atoms with Crippen LogP contribution in [0.25, 0.3) is 0 Å². The Labute approximate surface area is 138 Å². The predicted octanol–water partition coefficient (Wildman–Crippen LogP) is 2.40. The molecular formula is C14H13F6N3O2. The number of benzene rings is 1. The molecule has 0 bridgehead atoms. The van der Waals surface area contributed by atoms with E-state index in [1.807, 2.05) is 0 Å². The van der Waals surface area contributed by atoms with Crippen molar-refractivity contribution in [2.75, 3.05) is 36.4 Å². The Morgan fingerprint density at radius 1 is 0.840 bits per heavy atom. The van der Waals surface area contributed by atoms with Crippen LogP contribution in [-0.2, 0) is 9.59 Å². The van der Waals surface area contributed by atoms with Crippen LogP contribution >= 0.6 is 0 Å². The van der Waals surface area contributed by atoms with Crippen LogP contribution in [0.2, 0.25) is 0 Å². The average molecular weight is 369 g/mol. The number of nitrogens with zero attached hydrogens (tertiary/aromatic N) is 2. The van der Waals surface area contributed by atoms with Crippen LogP contribution < -0.4 is 10.2 Å². The van der Waals surface area contributed by atoms with Gasteiger partial charge in [-0.3, -0.25) is 9.59 Å². The van der Waals surface area contributed by atoms with E-state index in [9.17, 15) is 35.9 Å². The molecule has 2 rings (SSSR count). The zero-order chi connectivity index (χ0) is 18.8. The summed E-state index contributed by atoms with van der Waals surface area (Å²) in [6.07, 6.45) is -9.92. The lowest BCUT2D eigenvalue weighted by molar-refractivity contribution is -0.185. The summed E-state index contributed by atoms with van der Waals surface area (Å²) >= 11 is 0. The normalized spacial score (nSPS) is 15.9. The quantitative estimate of drug-likeness (QED) is 0.815. The Morgan fingerprint density at radius 3 is 1.80 bits per heavy atom. The van der Waals surface area contributed by atoms with Gasteiger partial charge in [-0.2, -0.15) is 26.3 Å². The third-order valence-corrected chi connectivity index (χ3v) is 3.56. The third kappa shape index (κ3) is 4.77. The van der Waals surface area contributed by atoms with E-state index in [1.54, 1.807) is 10.2 Å². The molecule has 1 aromatic rings. The van der Waals surface area contributed by atoms with Gasteiger partial charge in [0.25, 0.3) is 0 Å². The number of anilines is 2.